The van der Waals surface area contributed by atoms with E-state index in [2.05, 4.69) is 117 Å². The molecule has 4 aromatic carbocycles. The van der Waals surface area contributed by atoms with Crippen LogP contribution in [0.25, 0.3) is 89.2 Å². The lowest BCUT2D eigenvalue weighted by Gasteiger charge is -2.09. The fraction of sp³-hybridized carbons (Fsp3) is 0.212. The van der Waals surface area contributed by atoms with Crippen LogP contribution >= 0.6 is 11.6 Å². The van der Waals surface area contributed by atoms with Crippen LogP contribution < -0.4 is 36.6 Å². The zero-order valence-electron chi connectivity index (χ0n) is 69.7. The number of hydrogen-bond donors (Lipinski definition) is 10. The number of ether oxygens (including phenoxy) is 2. The van der Waals surface area contributed by atoms with E-state index in [0.717, 1.165) is 112 Å². The zero-order valence-corrected chi connectivity index (χ0v) is 70.4. The third-order valence-corrected chi connectivity index (χ3v) is 19.4. The average Bonchev–Trinajstić information content (AvgIpc) is 1.64. The van der Waals surface area contributed by atoms with Crippen LogP contribution in [-0.4, -0.2) is 203 Å². The molecule has 36 nitrogen and oxygen atoms in total. The van der Waals surface area contributed by atoms with Crippen molar-refractivity contribution in [1.82, 2.24) is 128 Å². The molecule has 17 rings (SSSR count). The largest absolute Gasteiger partial charge is 0.494 e. The zero-order chi connectivity index (χ0) is 87.6. The molecule has 0 spiro atoms. The Morgan fingerprint density at radius 1 is 0.460 bits per heavy atom. The van der Waals surface area contributed by atoms with Crippen molar-refractivity contribution in [3.8, 4) is 51.3 Å². The van der Waals surface area contributed by atoms with Crippen LogP contribution in [0.2, 0.25) is 5.02 Å². The summed E-state index contributed by atoms with van der Waals surface area (Å²) in [7, 11) is 17.7. The molecule has 0 bridgehead atoms. The minimum Gasteiger partial charge on any atom is -0.494 e. The van der Waals surface area contributed by atoms with Gasteiger partial charge in [-0.05, 0) is 129 Å². The molecule has 13 aromatic heterocycles. The van der Waals surface area contributed by atoms with Gasteiger partial charge >= 0.3 is 0 Å². The quantitative estimate of drug-likeness (QED) is 0.0269. The highest BCUT2D eigenvalue weighted by Crippen LogP contribution is 2.35. The molecule has 39 heteroatoms. The molecule has 0 aliphatic rings. The predicted molar refractivity (Wildman–Crippen MR) is 469 cm³/mol. The van der Waals surface area contributed by atoms with E-state index in [-0.39, 0.29) is 23.4 Å². The van der Waals surface area contributed by atoms with Gasteiger partial charge in [0.25, 0.3) is 30.1 Å². The smallest absolute Gasteiger partial charge is 0.269 e. The van der Waals surface area contributed by atoms with Gasteiger partial charge in [-0.25, -0.2) is 68.6 Å². The number of amides is 4. The molecule has 0 unspecified atom stereocenters. The standard InChI is InChI=1S/C24H25N9O.C21H22ClN7O2.C20H19F2N7O.C20H21N7O2/c1-14-7-17(28-24-25-6-5-19(30-24)21-12-32(3)13-27-21)9-16-10-20(29-22(14)16)23(34)26-11-18-8-15(2)31-33(18)4;1-28(2)20(30)17-9-13-8-14(10-15(22)19(13)26-17)25-21-23-5-4-16(27-21)18-11-29(12-24-18)6-7-31-3;1-11-5-13(6-12-7-15(27-18(11)12)19(30)24-8-17(21)22)26-20-23-4-3-14(28-20)16-9-29(2)10-25-16;1-26(2)19(28)15-8-12-7-13(9-17(29-4)18(12)24-15)23-20-21-6-5-14(25-20)16-10-27(3)11-22-16/h5-10,12-13,29H,11H2,1-4H3,(H,26,34)(H,25,28,30);4-5,8-12,26H,6-7H2,1-3H3,(H,23,25,27);3-7,9-10,17,27H,8H2,1-2H3,(H,24,30)(H,23,26,28);5-11,24H,1-4H3,(H,21,23,25). The number of rotatable bonds is 24. The summed E-state index contributed by atoms with van der Waals surface area (Å²) in [6, 6.07) is 31.3. The van der Waals surface area contributed by atoms with Gasteiger partial charge in [0, 0.05) is 181 Å². The minimum atomic E-state index is -2.60. The minimum absolute atomic E-state index is 0.107. The van der Waals surface area contributed by atoms with Gasteiger partial charge in [0.2, 0.25) is 23.8 Å². The predicted octanol–water partition coefficient (Wildman–Crippen LogP) is 13.2. The van der Waals surface area contributed by atoms with Crippen molar-refractivity contribution in [3.63, 3.8) is 0 Å². The van der Waals surface area contributed by atoms with Crippen LogP contribution in [-0.2, 0) is 46.0 Å². The Morgan fingerprint density at radius 3 is 1.25 bits per heavy atom. The van der Waals surface area contributed by atoms with E-state index in [1.54, 1.807) is 134 Å². The third kappa shape index (κ3) is 20.5. The fourth-order valence-electron chi connectivity index (χ4n) is 13.2. The van der Waals surface area contributed by atoms with E-state index in [4.69, 9.17) is 21.1 Å². The van der Waals surface area contributed by atoms with E-state index >= 15 is 0 Å². The summed E-state index contributed by atoms with van der Waals surface area (Å²) >= 11 is 6.44. The summed E-state index contributed by atoms with van der Waals surface area (Å²) in [5, 5.41) is 26.1. The number of methoxy groups -OCH3 is 2. The van der Waals surface area contributed by atoms with Gasteiger partial charge in [-0.2, -0.15) is 5.10 Å². The number of halogens is 3. The summed E-state index contributed by atoms with van der Waals surface area (Å²) in [5.41, 5.74) is 17.4. The number of nitrogens with zero attached hydrogens (tertiary/aromatic N) is 20. The lowest BCUT2D eigenvalue weighted by atomic mass is 10.1. The van der Waals surface area contributed by atoms with Gasteiger partial charge in [-0.15, -0.1) is 0 Å². The number of imidazole rings is 4. The number of aromatic amines is 4. The number of fused-ring (bicyclic) bond motifs is 4. The van der Waals surface area contributed by atoms with Crippen LogP contribution in [0.5, 0.6) is 5.75 Å². The Balaban J connectivity index is 0.000000135. The Morgan fingerprint density at radius 2 is 0.847 bits per heavy atom. The second kappa shape index (κ2) is 37.4. The molecular weight excluding hydrogens is 1610 g/mol. The summed E-state index contributed by atoms with van der Waals surface area (Å²) in [4.78, 5) is 117. The topological polar surface area (TPSA) is 421 Å². The molecule has 0 saturated heterocycles. The maximum Gasteiger partial charge on any atom is 0.269 e. The average molecular weight is 1700 g/mol. The first-order valence-electron chi connectivity index (χ1n) is 38.6. The number of anilines is 8. The molecule has 0 fully saturated rings. The lowest BCUT2D eigenvalue weighted by Crippen LogP contribution is -2.28. The molecule has 0 saturated carbocycles. The second-order valence-corrected chi connectivity index (χ2v) is 29.6. The summed E-state index contributed by atoms with van der Waals surface area (Å²) < 4.78 is 44.5. The number of nitrogens with one attached hydrogen (secondary N) is 10. The van der Waals surface area contributed by atoms with Crippen molar-refractivity contribution < 1.29 is 37.4 Å². The molecule has 17 aromatic rings. The highest BCUT2D eigenvalue weighted by atomic mass is 35.5. The number of alkyl halides is 2. The van der Waals surface area contributed by atoms with Crippen LogP contribution in [0.4, 0.5) is 55.3 Å². The van der Waals surface area contributed by atoms with Gasteiger partial charge in [0.15, 0.2) is 0 Å². The maximum atomic E-state index is 12.8. The SMILES string of the molecule is COCCn1cnc(-c2ccnc(Nc3cc(Cl)c4[nH]c(C(=O)N(C)C)cc4c3)n2)c1.COc1cc(Nc2nccc(-c3cn(C)cn3)n2)cc2cc(C(=O)N(C)C)[nH]c12.Cc1cc(CNC(=O)c2cc3cc(Nc4nccc(-c5cn(C)cn5)n4)cc(C)c3[nH]2)n(C)n1.Cc1cc(Nc2nccc(-c3cn(C)cn3)n2)cc2cc(C(=O)NCC(F)F)[nH]c12. The number of carbonyl (C=O) groups excluding carboxylic acids is 4. The number of carbonyl (C=O) groups is 4. The number of aromatic nitrogens is 22. The molecule has 0 aliphatic carbocycles. The second-order valence-electron chi connectivity index (χ2n) is 29.2. The van der Waals surface area contributed by atoms with Crippen molar-refractivity contribution in [1.29, 1.82) is 0 Å². The van der Waals surface area contributed by atoms with Crippen molar-refractivity contribution in [3.05, 3.63) is 228 Å². The Bertz CT molecular complexity index is 6750. The van der Waals surface area contributed by atoms with Crippen molar-refractivity contribution in [2.24, 2.45) is 28.2 Å². The summed E-state index contributed by atoms with van der Waals surface area (Å²) in [5.74, 6) is 1.37. The van der Waals surface area contributed by atoms with Gasteiger partial charge in [-0.1, -0.05) is 11.6 Å². The highest BCUT2D eigenvalue weighted by Gasteiger charge is 2.21. The first-order chi connectivity index (χ1) is 59.6. The summed E-state index contributed by atoms with van der Waals surface area (Å²) in [6.07, 6.45) is 18.6. The Labute approximate surface area is 712 Å². The molecular formula is C85H87ClF2N30O6. The molecule has 0 atom stereocenters. The first-order valence-corrected chi connectivity index (χ1v) is 38.9. The van der Waals surface area contributed by atoms with Gasteiger partial charge in [0.05, 0.1) is 102 Å². The number of benzene rings is 4. The Hall–Kier alpha value is -15.6. The monoisotopic (exact) mass is 1700 g/mol. The summed E-state index contributed by atoms with van der Waals surface area (Å²) in [6.45, 7) is 6.84. The first kappa shape index (κ1) is 84.8. The van der Waals surface area contributed by atoms with Crippen molar-refractivity contribution >= 4 is 125 Å². The van der Waals surface area contributed by atoms with E-state index in [1.165, 1.54) is 9.80 Å². The van der Waals surface area contributed by atoms with Gasteiger partial charge in [0.1, 0.15) is 51.3 Å². The van der Waals surface area contributed by atoms with E-state index in [0.29, 0.717) is 93.9 Å². The number of H-pyrrole nitrogens is 4. The van der Waals surface area contributed by atoms with Crippen molar-refractivity contribution in [2.45, 2.75) is 40.3 Å². The van der Waals surface area contributed by atoms with Crippen LogP contribution in [0.1, 0.15) is 64.5 Å². The van der Waals surface area contributed by atoms with E-state index in [1.807, 2.05) is 159 Å². The molecule has 0 radical (unpaired) electrons. The van der Waals surface area contributed by atoms with Crippen LogP contribution in [0, 0.1) is 20.8 Å². The van der Waals surface area contributed by atoms with Crippen molar-refractivity contribution in [2.75, 3.05) is 76.8 Å². The number of hydrogen-bond acceptors (Lipinski definition) is 23. The van der Waals surface area contributed by atoms with Gasteiger partial charge in [-0.3, -0.25) is 23.9 Å². The molecule has 13 heterocycles. The highest BCUT2D eigenvalue weighted by molar-refractivity contribution is 6.35. The fourth-order valence-corrected chi connectivity index (χ4v) is 13.5. The van der Waals surface area contributed by atoms with Gasteiger partial charge < -0.3 is 89.4 Å². The molecule has 634 valence electrons. The number of aryl methyl sites for hydroxylation is 7. The maximum absolute atomic E-state index is 12.8. The third-order valence-electron chi connectivity index (χ3n) is 19.1. The molecule has 10 N–H and O–H groups in total. The van der Waals surface area contributed by atoms with Crippen LogP contribution in [0.3, 0.4) is 0 Å². The van der Waals surface area contributed by atoms with Crippen LogP contribution in [0.15, 0.2) is 178 Å². The Kier molecular flexibility index (Phi) is 25.6. The molecule has 4 amide bonds. The molecule has 0 aliphatic heterocycles. The lowest BCUT2D eigenvalue weighted by molar-refractivity contribution is 0.0816. The van der Waals surface area contributed by atoms with E-state index < -0.39 is 18.9 Å². The normalized spacial score (nSPS) is 11.1. The van der Waals surface area contributed by atoms with E-state index in [9.17, 15) is 28.0 Å². The molecule has 124 heavy (non-hydrogen) atoms.